The van der Waals surface area contributed by atoms with Crippen molar-refractivity contribution in [3.8, 4) is 5.75 Å². The topological polar surface area (TPSA) is 56.1 Å². The standard InChI is InChI=1S/C24H20BF2N3O2/c25-18-9-10-22(32-15-16-5-2-1-3-6-16)17(13-18)14-30-12-11-21(29-30)24(31)28-23-19(26)7-4-8-20(23)27/h1-13H,14-15,25H2,(H,28,31). The molecule has 3 aromatic carbocycles. The number of benzene rings is 3. The van der Waals surface area contributed by atoms with Crippen molar-refractivity contribution in [1.29, 1.82) is 0 Å². The summed E-state index contributed by atoms with van der Waals surface area (Å²) in [5, 5.41) is 6.50. The number of rotatable bonds is 7. The minimum atomic E-state index is -0.849. The Morgan fingerprint density at radius 3 is 2.50 bits per heavy atom. The number of para-hydroxylation sites is 1. The molecular formula is C24H20BF2N3O2. The number of carbonyl (C=O) groups excluding carboxylic acids is 1. The Balaban J connectivity index is 1.48. The Morgan fingerprint density at radius 1 is 1.00 bits per heavy atom. The number of hydrogen-bond acceptors (Lipinski definition) is 3. The Bertz CT molecular complexity index is 1220. The summed E-state index contributed by atoms with van der Waals surface area (Å²) in [5.41, 5.74) is 2.56. The van der Waals surface area contributed by atoms with Gasteiger partial charge in [-0.1, -0.05) is 54.0 Å². The van der Waals surface area contributed by atoms with E-state index in [2.05, 4.69) is 10.4 Å². The van der Waals surface area contributed by atoms with Gasteiger partial charge in [0.25, 0.3) is 5.91 Å². The SMILES string of the molecule is Bc1ccc(OCc2ccccc2)c(Cn2ccc(C(=O)Nc3c(F)cccc3F)n2)c1. The Morgan fingerprint density at radius 2 is 1.75 bits per heavy atom. The van der Waals surface area contributed by atoms with Crippen LogP contribution < -0.4 is 15.5 Å². The van der Waals surface area contributed by atoms with Crippen molar-refractivity contribution in [3.05, 3.63) is 107 Å². The van der Waals surface area contributed by atoms with Gasteiger partial charge in [0, 0.05) is 11.8 Å². The lowest BCUT2D eigenvalue weighted by Gasteiger charge is -2.13. The normalized spacial score (nSPS) is 10.7. The third-order valence-corrected chi connectivity index (χ3v) is 4.86. The zero-order valence-corrected chi connectivity index (χ0v) is 17.4. The summed E-state index contributed by atoms with van der Waals surface area (Å²) in [6, 6.07) is 20.6. The quantitative estimate of drug-likeness (QED) is 0.457. The van der Waals surface area contributed by atoms with Crippen LogP contribution in [0.15, 0.2) is 79.0 Å². The van der Waals surface area contributed by atoms with Crippen LogP contribution in [0.1, 0.15) is 21.6 Å². The second kappa shape index (κ2) is 9.47. The molecule has 0 saturated heterocycles. The largest absolute Gasteiger partial charge is 0.489 e. The number of nitrogens with zero attached hydrogens (tertiary/aromatic N) is 2. The average molecular weight is 431 g/mol. The number of hydrogen-bond donors (Lipinski definition) is 1. The summed E-state index contributed by atoms with van der Waals surface area (Å²) in [7, 11) is 1.98. The van der Waals surface area contributed by atoms with E-state index in [1.807, 2.05) is 56.4 Å². The predicted molar refractivity (Wildman–Crippen MR) is 121 cm³/mol. The molecule has 1 aromatic heterocycles. The van der Waals surface area contributed by atoms with Gasteiger partial charge in [-0.25, -0.2) is 8.78 Å². The van der Waals surface area contributed by atoms with E-state index in [9.17, 15) is 13.6 Å². The maximum Gasteiger partial charge on any atom is 0.276 e. The number of ether oxygens (including phenoxy) is 1. The molecule has 1 amide bonds. The van der Waals surface area contributed by atoms with E-state index in [0.29, 0.717) is 13.2 Å². The van der Waals surface area contributed by atoms with Crippen molar-refractivity contribution >= 4 is 24.9 Å². The third kappa shape index (κ3) is 5.03. The summed E-state index contributed by atoms with van der Waals surface area (Å²) >= 11 is 0. The van der Waals surface area contributed by atoms with E-state index >= 15 is 0 Å². The van der Waals surface area contributed by atoms with Crippen molar-refractivity contribution in [3.63, 3.8) is 0 Å². The van der Waals surface area contributed by atoms with Crippen LogP contribution in [0.2, 0.25) is 0 Å². The van der Waals surface area contributed by atoms with Crippen LogP contribution in [0.5, 0.6) is 5.75 Å². The lowest BCUT2D eigenvalue weighted by molar-refractivity contribution is 0.102. The fraction of sp³-hybridized carbons (Fsp3) is 0.0833. The molecule has 0 aliphatic rings. The Labute approximate surface area is 185 Å². The van der Waals surface area contributed by atoms with Gasteiger partial charge in [0.15, 0.2) is 5.69 Å². The summed E-state index contributed by atoms with van der Waals surface area (Å²) in [5.74, 6) is -1.68. The molecule has 4 rings (SSSR count). The monoisotopic (exact) mass is 431 g/mol. The second-order valence-electron chi connectivity index (χ2n) is 7.33. The smallest absolute Gasteiger partial charge is 0.276 e. The summed E-state index contributed by atoms with van der Waals surface area (Å²) < 4.78 is 35.2. The van der Waals surface area contributed by atoms with Crippen LogP contribution in [-0.2, 0) is 13.2 Å². The molecule has 5 nitrogen and oxygen atoms in total. The first-order valence-electron chi connectivity index (χ1n) is 10.0. The van der Waals surface area contributed by atoms with Crippen LogP contribution in [-0.4, -0.2) is 23.5 Å². The minimum absolute atomic E-state index is 0.0482. The molecule has 0 radical (unpaired) electrons. The summed E-state index contributed by atoms with van der Waals surface area (Å²) in [6.45, 7) is 0.797. The molecular weight excluding hydrogens is 411 g/mol. The highest BCUT2D eigenvalue weighted by molar-refractivity contribution is 6.32. The molecule has 0 spiro atoms. The lowest BCUT2D eigenvalue weighted by Crippen LogP contribution is -2.16. The van der Waals surface area contributed by atoms with Crippen LogP contribution in [0.25, 0.3) is 0 Å². The molecule has 0 aliphatic heterocycles. The number of anilines is 1. The average Bonchev–Trinajstić information content (AvgIpc) is 3.25. The zero-order chi connectivity index (χ0) is 22.5. The van der Waals surface area contributed by atoms with Crippen molar-refractivity contribution in [2.45, 2.75) is 13.2 Å². The maximum atomic E-state index is 13.8. The maximum absolute atomic E-state index is 13.8. The molecule has 0 unspecified atom stereocenters. The molecule has 8 heteroatoms. The molecule has 4 aromatic rings. The highest BCUT2D eigenvalue weighted by Gasteiger charge is 2.16. The van der Waals surface area contributed by atoms with Gasteiger partial charge in [-0.2, -0.15) is 5.10 Å². The summed E-state index contributed by atoms with van der Waals surface area (Å²) in [4.78, 5) is 12.4. The van der Waals surface area contributed by atoms with Crippen LogP contribution in [0.4, 0.5) is 14.5 Å². The number of amides is 1. The van der Waals surface area contributed by atoms with Crippen molar-refractivity contribution in [2.75, 3.05) is 5.32 Å². The molecule has 32 heavy (non-hydrogen) atoms. The third-order valence-electron chi connectivity index (χ3n) is 4.86. The molecule has 0 fully saturated rings. The van der Waals surface area contributed by atoms with Gasteiger partial charge in [0.05, 0.1) is 6.54 Å². The summed E-state index contributed by atoms with van der Waals surface area (Å²) in [6.07, 6.45) is 1.63. The first-order valence-corrected chi connectivity index (χ1v) is 10.0. The highest BCUT2D eigenvalue weighted by atomic mass is 19.1. The van der Waals surface area contributed by atoms with E-state index in [1.54, 1.807) is 10.9 Å². The van der Waals surface area contributed by atoms with Crippen molar-refractivity contribution in [2.24, 2.45) is 0 Å². The highest BCUT2D eigenvalue weighted by Crippen LogP contribution is 2.21. The van der Waals surface area contributed by atoms with Crippen LogP contribution in [0, 0.1) is 11.6 Å². The fourth-order valence-electron chi connectivity index (χ4n) is 3.25. The Hall–Kier alpha value is -3.94. The van der Waals surface area contributed by atoms with Gasteiger partial charge in [0.2, 0.25) is 0 Å². The van der Waals surface area contributed by atoms with Gasteiger partial charge >= 0.3 is 0 Å². The molecule has 0 saturated carbocycles. The van der Waals surface area contributed by atoms with E-state index < -0.39 is 23.2 Å². The van der Waals surface area contributed by atoms with Crippen LogP contribution in [0.3, 0.4) is 0 Å². The van der Waals surface area contributed by atoms with E-state index in [4.69, 9.17) is 4.74 Å². The molecule has 0 aliphatic carbocycles. The first-order chi connectivity index (χ1) is 15.5. The van der Waals surface area contributed by atoms with Gasteiger partial charge in [-0.05, 0) is 29.8 Å². The van der Waals surface area contributed by atoms with Crippen molar-refractivity contribution in [1.82, 2.24) is 9.78 Å². The number of aromatic nitrogens is 2. The number of carbonyl (C=O) groups is 1. The van der Waals surface area contributed by atoms with E-state index in [0.717, 1.165) is 34.5 Å². The molecule has 0 atom stereocenters. The molecule has 160 valence electrons. The molecule has 1 N–H and O–H groups in total. The fourth-order valence-corrected chi connectivity index (χ4v) is 3.25. The molecule has 1 heterocycles. The first kappa shape index (κ1) is 21.3. The second-order valence-corrected chi connectivity index (χ2v) is 7.33. The van der Waals surface area contributed by atoms with E-state index in [1.165, 1.54) is 12.1 Å². The molecule has 0 bridgehead atoms. The predicted octanol–water partition coefficient (Wildman–Crippen LogP) is 3.30. The van der Waals surface area contributed by atoms with Crippen molar-refractivity contribution < 1.29 is 18.3 Å². The minimum Gasteiger partial charge on any atom is -0.489 e. The van der Waals surface area contributed by atoms with Gasteiger partial charge in [-0.15, -0.1) is 0 Å². The van der Waals surface area contributed by atoms with Gasteiger partial charge in [0.1, 0.15) is 37.5 Å². The zero-order valence-electron chi connectivity index (χ0n) is 17.4. The van der Waals surface area contributed by atoms with Gasteiger partial charge < -0.3 is 10.1 Å². The van der Waals surface area contributed by atoms with Gasteiger partial charge in [-0.3, -0.25) is 9.48 Å². The lowest BCUT2D eigenvalue weighted by atomic mass is 9.94. The Kier molecular flexibility index (Phi) is 6.30. The number of halogens is 2. The van der Waals surface area contributed by atoms with E-state index in [-0.39, 0.29) is 5.69 Å². The number of nitrogens with one attached hydrogen (secondary N) is 1. The van der Waals surface area contributed by atoms with Crippen LogP contribution >= 0.6 is 0 Å².